The van der Waals surface area contributed by atoms with Crippen molar-refractivity contribution in [1.82, 2.24) is 24.4 Å². The molecule has 2 atom stereocenters. The minimum absolute atomic E-state index is 0.481. The van der Waals surface area contributed by atoms with Crippen LogP contribution in [0.5, 0.6) is 0 Å². The highest BCUT2D eigenvalue weighted by molar-refractivity contribution is 9.10. The third-order valence-electron chi connectivity index (χ3n) is 6.75. The Hall–Kier alpha value is -2.01. The number of likely N-dealkylation sites (N-methyl/N-ethyl adjacent to an activating group) is 1. The number of hydrogen-bond acceptors (Lipinski definition) is 7. The van der Waals surface area contributed by atoms with Gasteiger partial charge in [0.25, 0.3) is 0 Å². The van der Waals surface area contributed by atoms with E-state index in [1.54, 1.807) is 6.33 Å². The first kappa shape index (κ1) is 26.1. The van der Waals surface area contributed by atoms with Crippen molar-refractivity contribution in [1.29, 1.82) is 0 Å². The van der Waals surface area contributed by atoms with E-state index in [-0.39, 0.29) is 0 Å². The van der Waals surface area contributed by atoms with Crippen molar-refractivity contribution in [2.24, 2.45) is 0 Å². The van der Waals surface area contributed by atoms with Crippen molar-refractivity contribution < 1.29 is 4.74 Å². The lowest BCUT2D eigenvalue weighted by atomic mass is 10.1. The Labute approximate surface area is 218 Å². The molecule has 0 aromatic carbocycles. The van der Waals surface area contributed by atoms with E-state index in [2.05, 4.69) is 99.7 Å². The molecule has 4 heterocycles. The summed E-state index contributed by atoms with van der Waals surface area (Å²) in [6.07, 6.45) is 3.63. The van der Waals surface area contributed by atoms with Crippen LogP contribution in [0.15, 0.2) is 35.2 Å². The normalized spacial score (nSPS) is 19.5. The molecular formula is C25H38BrN7OSi. The average Bonchev–Trinajstić information content (AvgIpc) is 3.14. The first-order chi connectivity index (χ1) is 16.6. The molecule has 35 heavy (non-hydrogen) atoms. The SMILES string of the molecule is C[C@@H]1CN(c2cccc(CNc3ncnc4c3c(Br)cn4COCC[Si](C)(C)C)n2)C[C@H](C)N1C. The van der Waals surface area contributed by atoms with Gasteiger partial charge in [-0.2, -0.15) is 0 Å². The molecule has 0 saturated carbocycles. The van der Waals surface area contributed by atoms with E-state index in [9.17, 15) is 0 Å². The van der Waals surface area contributed by atoms with Crippen molar-refractivity contribution >= 4 is 46.7 Å². The summed E-state index contributed by atoms with van der Waals surface area (Å²) in [5, 5.41) is 4.44. The highest BCUT2D eigenvalue weighted by Gasteiger charge is 2.27. The summed E-state index contributed by atoms with van der Waals surface area (Å²) in [7, 11) is 1.09. The molecule has 0 unspecified atom stereocenters. The zero-order valence-corrected chi connectivity index (χ0v) is 24.3. The number of halogens is 1. The number of nitrogens with zero attached hydrogens (tertiary/aromatic N) is 6. The van der Waals surface area contributed by atoms with Crippen LogP contribution in [0.25, 0.3) is 11.0 Å². The van der Waals surface area contributed by atoms with Crippen LogP contribution in [0.1, 0.15) is 19.5 Å². The van der Waals surface area contributed by atoms with Crippen molar-refractivity contribution in [3.8, 4) is 0 Å². The summed E-state index contributed by atoms with van der Waals surface area (Å²) < 4.78 is 8.94. The highest BCUT2D eigenvalue weighted by Crippen LogP contribution is 2.30. The molecule has 0 aliphatic carbocycles. The third-order valence-corrected chi connectivity index (χ3v) is 9.05. The summed E-state index contributed by atoms with van der Waals surface area (Å²) in [5.74, 6) is 1.82. The molecular weight excluding hydrogens is 522 g/mol. The van der Waals surface area contributed by atoms with Gasteiger partial charge in [-0.05, 0) is 55.0 Å². The molecule has 1 aliphatic heterocycles. The van der Waals surface area contributed by atoms with Gasteiger partial charge in [-0.25, -0.2) is 15.0 Å². The molecule has 1 N–H and O–H groups in total. The van der Waals surface area contributed by atoms with Gasteiger partial charge < -0.3 is 19.5 Å². The van der Waals surface area contributed by atoms with E-state index in [1.807, 2.05) is 10.8 Å². The Morgan fingerprint density at radius 3 is 2.60 bits per heavy atom. The van der Waals surface area contributed by atoms with Crippen molar-refractivity contribution in [2.75, 3.05) is 37.0 Å². The second-order valence-electron chi connectivity index (χ2n) is 10.8. The maximum Gasteiger partial charge on any atom is 0.148 e. The fourth-order valence-corrected chi connectivity index (χ4v) is 5.73. The number of fused-ring (bicyclic) bond motifs is 1. The first-order valence-corrected chi connectivity index (χ1v) is 16.9. The van der Waals surface area contributed by atoms with Crippen LogP contribution in [-0.2, 0) is 18.0 Å². The number of ether oxygens (including phenoxy) is 1. The van der Waals surface area contributed by atoms with Gasteiger partial charge in [0, 0.05) is 50.5 Å². The molecule has 3 aromatic rings. The van der Waals surface area contributed by atoms with Gasteiger partial charge in [0.2, 0.25) is 0 Å². The summed E-state index contributed by atoms with van der Waals surface area (Å²) >= 11 is 3.70. The predicted octanol–water partition coefficient (Wildman–Crippen LogP) is 5.04. The van der Waals surface area contributed by atoms with Crippen LogP contribution in [0, 0.1) is 0 Å². The molecule has 0 amide bonds. The number of anilines is 2. The molecule has 1 fully saturated rings. The van der Waals surface area contributed by atoms with Crippen molar-refractivity contribution in [2.45, 2.75) is 64.9 Å². The Balaban J connectivity index is 1.44. The topological polar surface area (TPSA) is 71.3 Å². The molecule has 190 valence electrons. The number of aromatic nitrogens is 4. The van der Waals surface area contributed by atoms with E-state index < -0.39 is 8.07 Å². The van der Waals surface area contributed by atoms with Crippen LogP contribution in [0.2, 0.25) is 25.7 Å². The highest BCUT2D eigenvalue weighted by atomic mass is 79.9. The minimum atomic E-state index is -1.11. The number of pyridine rings is 1. The van der Waals surface area contributed by atoms with Gasteiger partial charge in [0.15, 0.2) is 0 Å². The molecule has 4 rings (SSSR count). The largest absolute Gasteiger partial charge is 0.364 e. The van der Waals surface area contributed by atoms with E-state index in [0.29, 0.717) is 25.4 Å². The second-order valence-corrected chi connectivity index (χ2v) is 17.3. The van der Waals surface area contributed by atoms with Gasteiger partial charge in [-0.1, -0.05) is 25.7 Å². The van der Waals surface area contributed by atoms with Crippen molar-refractivity contribution in [3.63, 3.8) is 0 Å². The first-order valence-electron chi connectivity index (χ1n) is 12.4. The molecule has 0 radical (unpaired) electrons. The number of rotatable bonds is 9. The number of nitrogens with one attached hydrogen (secondary N) is 1. The van der Waals surface area contributed by atoms with Crippen LogP contribution < -0.4 is 10.2 Å². The minimum Gasteiger partial charge on any atom is -0.364 e. The fraction of sp³-hybridized carbons (Fsp3) is 0.560. The molecule has 8 nitrogen and oxygen atoms in total. The van der Waals surface area contributed by atoms with Crippen LogP contribution in [0.3, 0.4) is 0 Å². The third kappa shape index (κ3) is 6.41. The molecule has 3 aromatic heterocycles. The van der Waals surface area contributed by atoms with Gasteiger partial charge in [-0.15, -0.1) is 0 Å². The van der Waals surface area contributed by atoms with E-state index in [1.165, 1.54) is 0 Å². The van der Waals surface area contributed by atoms with E-state index in [4.69, 9.17) is 9.72 Å². The molecule has 0 bridgehead atoms. The maximum atomic E-state index is 5.96. The summed E-state index contributed by atoms with van der Waals surface area (Å²) in [4.78, 5) is 18.8. The summed E-state index contributed by atoms with van der Waals surface area (Å²) in [6, 6.07) is 8.40. The Kier molecular flexibility index (Phi) is 8.15. The number of piperazine rings is 1. The van der Waals surface area contributed by atoms with Gasteiger partial charge >= 0.3 is 0 Å². The standard InChI is InChI=1S/C25H38BrN7OSi/c1-18-13-32(14-19(2)31(18)3)22-9-7-8-20(30-22)12-27-24-23-21(26)15-33(25(23)29-16-28-24)17-34-10-11-35(4,5)6/h7-9,15-16,18-19H,10-14,17H2,1-6H3,(H,27,28,29)/t18-,19+. The Morgan fingerprint density at radius 2 is 1.89 bits per heavy atom. The summed E-state index contributed by atoms with van der Waals surface area (Å²) in [6.45, 7) is 15.4. The second kappa shape index (κ2) is 10.9. The maximum absolute atomic E-state index is 5.96. The van der Waals surface area contributed by atoms with Crippen LogP contribution in [0.4, 0.5) is 11.6 Å². The molecule has 1 saturated heterocycles. The van der Waals surface area contributed by atoms with E-state index >= 15 is 0 Å². The van der Waals surface area contributed by atoms with Gasteiger partial charge in [0.05, 0.1) is 17.6 Å². The Morgan fingerprint density at radius 1 is 1.14 bits per heavy atom. The zero-order valence-electron chi connectivity index (χ0n) is 21.8. The molecule has 1 aliphatic rings. The van der Waals surface area contributed by atoms with Crippen molar-refractivity contribution in [3.05, 3.63) is 40.9 Å². The lowest BCUT2D eigenvalue weighted by Gasteiger charge is -2.43. The smallest absolute Gasteiger partial charge is 0.148 e. The Bertz CT molecular complexity index is 1140. The molecule has 0 spiro atoms. The average molecular weight is 561 g/mol. The lowest BCUT2D eigenvalue weighted by Crippen LogP contribution is -2.55. The zero-order chi connectivity index (χ0) is 25.2. The van der Waals surface area contributed by atoms with Gasteiger partial charge in [-0.3, -0.25) is 4.90 Å². The monoisotopic (exact) mass is 559 g/mol. The van der Waals surface area contributed by atoms with E-state index in [0.717, 1.165) is 58.6 Å². The van der Waals surface area contributed by atoms with Crippen LogP contribution >= 0.6 is 15.9 Å². The van der Waals surface area contributed by atoms with Crippen LogP contribution in [-0.4, -0.2) is 71.3 Å². The predicted molar refractivity (Wildman–Crippen MR) is 150 cm³/mol. The number of hydrogen-bond donors (Lipinski definition) is 1. The van der Waals surface area contributed by atoms with Gasteiger partial charge in [0.1, 0.15) is 30.3 Å². The molecule has 10 heteroatoms. The quantitative estimate of drug-likeness (QED) is 0.290. The summed E-state index contributed by atoms with van der Waals surface area (Å²) in [5.41, 5.74) is 1.84. The lowest BCUT2D eigenvalue weighted by molar-refractivity contribution is 0.0898. The fourth-order valence-electron chi connectivity index (χ4n) is 4.36.